The molecule has 0 unspecified atom stereocenters. The van der Waals surface area contributed by atoms with Crippen molar-refractivity contribution in [1.82, 2.24) is 0 Å². The van der Waals surface area contributed by atoms with Crippen LogP contribution in [0.5, 0.6) is 0 Å². The van der Waals surface area contributed by atoms with Gasteiger partial charge in [0.2, 0.25) is 0 Å². The van der Waals surface area contributed by atoms with Crippen molar-refractivity contribution in [3.05, 3.63) is 60.0 Å². The Morgan fingerprint density at radius 1 is 0.957 bits per heavy atom. The smallest absolute Gasteiger partial charge is 0.0795 e. The molecule has 0 atom stereocenters. The summed E-state index contributed by atoms with van der Waals surface area (Å²) in [5.74, 6) is 0. The summed E-state index contributed by atoms with van der Waals surface area (Å²) < 4.78 is 0. The molecule has 0 N–H and O–H groups in total. The lowest BCUT2D eigenvalue weighted by molar-refractivity contribution is 0.336. The monoisotopic (exact) mass is 341 g/mol. The van der Waals surface area contributed by atoms with E-state index in [0.717, 1.165) is 6.42 Å². The van der Waals surface area contributed by atoms with E-state index in [4.69, 9.17) is 0 Å². The molecular formula is C21H25S2+. The Balaban J connectivity index is 1.89. The lowest BCUT2D eigenvalue weighted by Crippen LogP contribution is -2.10. The van der Waals surface area contributed by atoms with Crippen LogP contribution in [0, 0.1) is 5.41 Å². The second-order valence-corrected chi connectivity index (χ2v) is 9.73. The van der Waals surface area contributed by atoms with Gasteiger partial charge in [-0.2, -0.15) is 0 Å². The first-order valence-electron chi connectivity index (χ1n) is 8.36. The summed E-state index contributed by atoms with van der Waals surface area (Å²) in [6.07, 6.45) is 6.12. The minimum absolute atomic E-state index is 0.0654. The topological polar surface area (TPSA) is 0 Å². The number of benzene rings is 2. The summed E-state index contributed by atoms with van der Waals surface area (Å²) in [5.41, 5.74) is 0.401. The summed E-state index contributed by atoms with van der Waals surface area (Å²) in [5, 5.41) is 2.45. The molecule has 2 aromatic rings. The maximum Gasteiger partial charge on any atom is 0.179 e. The molecule has 2 heteroatoms. The van der Waals surface area contributed by atoms with Gasteiger partial charge >= 0.3 is 0 Å². The average Bonchev–Trinajstić information content (AvgIpc) is 2.54. The van der Waals surface area contributed by atoms with Crippen molar-refractivity contribution >= 4 is 22.7 Å². The fraction of sp³-hybridized carbons (Fsp3) is 0.333. The predicted molar refractivity (Wildman–Crippen MR) is 103 cm³/mol. The second kappa shape index (κ2) is 7.19. The molecule has 3 rings (SSSR count). The maximum atomic E-state index is 2.45. The summed E-state index contributed by atoms with van der Waals surface area (Å²) in [4.78, 5) is 5.76. The average molecular weight is 342 g/mol. The molecule has 0 saturated carbocycles. The van der Waals surface area contributed by atoms with Gasteiger partial charge in [0.1, 0.15) is 5.41 Å². The van der Waals surface area contributed by atoms with Gasteiger partial charge in [0.25, 0.3) is 0 Å². The number of hydrogen-bond acceptors (Lipinski definition) is 1. The molecule has 0 spiro atoms. The van der Waals surface area contributed by atoms with Gasteiger partial charge in [-0.25, -0.2) is 0 Å². The molecule has 1 aliphatic heterocycles. The molecule has 0 radical (unpaired) electrons. The van der Waals surface area contributed by atoms with Gasteiger partial charge in [-0.05, 0) is 48.6 Å². The van der Waals surface area contributed by atoms with Gasteiger partial charge in [-0.15, -0.1) is 0 Å². The molecule has 0 aliphatic carbocycles. The Kier molecular flexibility index (Phi) is 5.23. The fourth-order valence-electron chi connectivity index (χ4n) is 3.06. The van der Waals surface area contributed by atoms with Crippen LogP contribution in [0.1, 0.15) is 40.0 Å². The zero-order valence-corrected chi connectivity index (χ0v) is 15.8. The van der Waals surface area contributed by atoms with Crippen LogP contribution < -0.4 is 0 Å². The number of fused-ring (bicyclic) bond motifs is 2. The van der Waals surface area contributed by atoms with Crippen LogP contribution in [0.2, 0.25) is 0 Å². The van der Waals surface area contributed by atoms with E-state index < -0.39 is 0 Å². The molecule has 0 saturated heterocycles. The Bertz CT molecular complexity index is 655. The fourth-order valence-corrected chi connectivity index (χ4v) is 6.55. The van der Waals surface area contributed by atoms with Crippen molar-refractivity contribution in [2.75, 3.05) is 0 Å². The third-order valence-electron chi connectivity index (χ3n) is 4.22. The molecule has 0 nitrogen and oxygen atoms in total. The van der Waals surface area contributed by atoms with Crippen LogP contribution in [-0.4, -0.2) is 0 Å². The van der Waals surface area contributed by atoms with Crippen molar-refractivity contribution in [2.45, 2.75) is 59.6 Å². The van der Waals surface area contributed by atoms with Crippen molar-refractivity contribution < 1.29 is 0 Å². The molecule has 0 fully saturated rings. The minimum Gasteiger partial charge on any atom is -0.0795 e. The van der Waals surface area contributed by atoms with E-state index in [1.54, 1.807) is 0 Å². The first kappa shape index (κ1) is 16.7. The maximum absolute atomic E-state index is 2.45. The zero-order chi connectivity index (χ0) is 16.3. The van der Waals surface area contributed by atoms with Crippen LogP contribution in [-0.2, 0) is 10.9 Å². The normalized spacial score (nSPS) is 14.7. The van der Waals surface area contributed by atoms with Gasteiger partial charge < -0.3 is 0 Å². The first-order chi connectivity index (χ1) is 11.1. The minimum atomic E-state index is 0.0654. The van der Waals surface area contributed by atoms with E-state index in [0.29, 0.717) is 5.41 Å². The molecular weight excluding hydrogens is 316 g/mol. The highest BCUT2D eigenvalue weighted by molar-refractivity contribution is 8.05. The van der Waals surface area contributed by atoms with E-state index in [1.807, 2.05) is 11.8 Å². The van der Waals surface area contributed by atoms with Crippen LogP contribution in [0.15, 0.2) is 79.6 Å². The zero-order valence-electron chi connectivity index (χ0n) is 14.2. The van der Waals surface area contributed by atoms with Crippen LogP contribution >= 0.6 is 11.8 Å². The number of rotatable bonds is 5. The van der Waals surface area contributed by atoms with Gasteiger partial charge in [0.05, 0.1) is 20.7 Å². The molecule has 2 aromatic carbocycles. The van der Waals surface area contributed by atoms with Gasteiger partial charge in [-0.3, -0.25) is 0 Å². The van der Waals surface area contributed by atoms with Crippen LogP contribution in [0.3, 0.4) is 0 Å². The lowest BCUT2D eigenvalue weighted by atomic mass is 9.85. The summed E-state index contributed by atoms with van der Waals surface area (Å²) in [6.45, 7) is 7.03. The number of hydrogen-bond donors (Lipinski definition) is 0. The molecule has 0 bridgehead atoms. The quantitative estimate of drug-likeness (QED) is 0.532. The standard InChI is InChI=1S/C21H25S2/c1-4-14-21(2,3)15-9-16-23-19-12-7-5-10-17(19)22-18-11-6-8-13-20(18)23/h5-13,16H,4,14-15H2,1-3H3/q+1/b16-9+. The molecule has 120 valence electrons. The van der Waals surface area contributed by atoms with Crippen LogP contribution in [0.25, 0.3) is 0 Å². The van der Waals surface area contributed by atoms with E-state index in [9.17, 15) is 0 Å². The van der Waals surface area contributed by atoms with E-state index in [2.05, 4.69) is 80.8 Å². The molecule has 0 aromatic heterocycles. The summed E-state index contributed by atoms with van der Waals surface area (Å²) >= 11 is 1.91. The van der Waals surface area contributed by atoms with Crippen molar-refractivity contribution in [3.8, 4) is 0 Å². The van der Waals surface area contributed by atoms with Crippen LogP contribution in [0.4, 0.5) is 0 Å². The third-order valence-corrected chi connectivity index (χ3v) is 7.76. The Labute approximate surface area is 147 Å². The highest BCUT2D eigenvalue weighted by Gasteiger charge is 2.33. The van der Waals surface area contributed by atoms with E-state index >= 15 is 0 Å². The summed E-state index contributed by atoms with van der Waals surface area (Å²) in [7, 11) is 0.0654. The lowest BCUT2D eigenvalue weighted by Gasteiger charge is -2.21. The molecule has 1 heterocycles. The molecule has 0 amide bonds. The number of allylic oxidation sites excluding steroid dienone is 1. The Hall–Kier alpha value is -1.12. The highest BCUT2D eigenvalue weighted by Crippen LogP contribution is 2.45. The largest absolute Gasteiger partial charge is 0.179 e. The third kappa shape index (κ3) is 3.87. The Morgan fingerprint density at radius 2 is 1.52 bits per heavy atom. The highest BCUT2D eigenvalue weighted by atomic mass is 32.2. The van der Waals surface area contributed by atoms with Gasteiger partial charge in [-0.1, -0.05) is 63.2 Å². The van der Waals surface area contributed by atoms with Crippen molar-refractivity contribution in [2.24, 2.45) is 5.41 Å². The van der Waals surface area contributed by atoms with Crippen molar-refractivity contribution in [1.29, 1.82) is 0 Å². The van der Waals surface area contributed by atoms with Gasteiger partial charge in [0, 0.05) is 0 Å². The van der Waals surface area contributed by atoms with E-state index in [-0.39, 0.29) is 10.9 Å². The van der Waals surface area contributed by atoms with Gasteiger partial charge in [0.15, 0.2) is 9.79 Å². The predicted octanol–water partition coefficient (Wildman–Crippen LogP) is 6.92. The molecule has 23 heavy (non-hydrogen) atoms. The first-order valence-corrected chi connectivity index (χ1v) is 10.5. The Morgan fingerprint density at radius 3 is 2.09 bits per heavy atom. The molecule has 1 aliphatic rings. The SMILES string of the molecule is CCCC(C)(C)C/C=C/[S+]1c2ccccc2Sc2ccccc21. The second-order valence-electron chi connectivity index (χ2n) is 6.82. The van der Waals surface area contributed by atoms with E-state index in [1.165, 1.54) is 32.4 Å². The van der Waals surface area contributed by atoms with Crippen molar-refractivity contribution in [3.63, 3.8) is 0 Å². The summed E-state index contributed by atoms with van der Waals surface area (Å²) in [6, 6.07) is 17.7.